The maximum Gasteiger partial charge on any atom is 0.271 e. The summed E-state index contributed by atoms with van der Waals surface area (Å²) in [4.78, 5) is 13.9. The minimum atomic E-state index is -0.166. The molecular weight excluding hydrogens is 266 g/mol. The van der Waals surface area contributed by atoms with E-state index >= 15 is 0 Å². The third kappa shape index (κ3) is 4.39. The number of amides is 1. The molecule has 2 N–H and O–H groups in total. The Bertz CT molecular complexity index is 448. The van der Waals surface area contributed by atoms with Crippen LogP contribution in [-0.4, -0.2) is 48.8 Å². The molecule has 1 aromatic heterocycles. The van der Waals surface area contributed by atoms with Crippen LogP contribution in [0.4, 0.5) is 5.82 Å². The summed E-state index contributed by atoms with van der Waals surface area (Å²) in [5.74, 6) is 1.35. The van der Waals surface area contributed by atoms with Gasteiger partial charge in [0.2, 0.25) is 0 Å². The van der Waals surface area contributed by atoms with Crippen molar-refractivity contribution >= 4 is 11.7 Å². The molecule has 0 aromatic carbocycles. The second-order valence-corrected chi connectivity index (χ2v) is 5.40. The number of rotatable bonds is 6. The number of hydrogen-bond acceptors (Lipinski definition) is 5. The van der Waals surface area contributed by atoms with E-state index in [1.54, 1.807) is 6.07 Å². The minimum absolute atomic E-state index is 0.166. The predicted octanol–water partition coefficient (Wildman–Crippen LogP) is 1.05. The van der Waals surface area contributed by atoms with Gasteiger partial charge in [0.15, 0.2) is 11.5 Å². The van der Waals surface area contributed by atoms with Crippen LogP contribution in [0.2, 0.25) is 0 Å². The normalized spacial score (nSPS) is 18.6. The Balaban J connectivity index is 1.96. The van der Waals surface area contributed by atoms with E-state index in [0.29, 0.717) is 18.2 Å². The Hall–Kier alpha value is -1.69. The molecule has 1 fully saturated rings. The number of nitrogens with zero attached hydrogens (tertiary/aromatic N) is 3. The van der Waals surface area contributed by atoms with Gasteiger partial charge in [-0.1, -0.05) is 6.92 Å². The summed E-state index contributed by atoms with van der Waals surface area (Å²) >= 11 is 0. The van der Waals surface area contributed by atoms with Gasteiger partial charge >= 0.3 is 0 Å². The zero-order chi connectivity index (χ0) is 15.1. The number of nitrogens with one attached hydrogen (secondary N) is 2. The van der Waals surface area contributed by atoms with Crippen molar-refractivity contribution in [1.29, 1.82) is 0 Å². The molecule has 1 unspecified atom stereocenters. The van der Waals surface area contributed by atoms with E-state index in [1.165, 1.54) is 12.8 Å². The van der Waals surface area contributed by atoms with Gasteiger partial charge in [-0.05, 0) is 50.9 Å². The van der Waals surface area contributed by atoms with Gasteiger partial charge < -0.3 is 15.5 Å². The standard InChI is InChI=1S/C15H25N5O/c1-3-16-10-12-6-5-9-20(11-12)14-8-7-13(18-19-14)15(21)17-4-2/h7-8,12,16H,3-6,9-11H2,1-2H3,(H,17,21). The van der Waals surface area contributed by atoms with Crippen LogP contribution in [0.5, 0.6) is 0 Å². The molecule has 1 aromatic rings. The summed E-state index contributed by atoms with van der Waals surface area (Å²) in [5, 5.41) is 14.4. The van der Waals surface area contributed by atoms with Crippen LogP contribution in [-0.2, 0) is 0 Å². The number of anilines is 1. The van der Waals surface area contributed by atoms with Gasteiger partial charge in [0.05, 0.1) is 0 Å². The topological polar surface area (TPSA) is 70.2 Å². The second-order valence-electron chi connectivity index (χ2n) is 5.40. The smallest absolute Gasteiger partial charge is 0.271 e. The first-order chi connectivity index (χ1) is 10.2. The fourth-order valence-electron chi connectivity index (χ4n) is 2.65. The van der Waals surface area contributed by atoms with Gasteiger partial charge in [-0.2, -0.15) is 0 Å². The molecule has 6 nitrogen and oxygen atoms in total. The molecule has 1 atom stereocenters. The third-order valence-corrected chi connectivity index (χ3v) is 3.75. The maximum absolute atomic E-state index is 11.7. The fourth-order valence-corrected chi connectivity index (χ4v) is 2.65. The third-order valence-electron chi connectivity index (χ3n) is 3.75. The molecule has 0 bridgehead atoms. The molecule has 1 amide bonds. The van der Waals surface area contributed by atoms with Crippen molar-refractivity contribution in [2.45, 2.75) is 26.7 Å². The lowest BCUT2D eigenvalue weighted by molar-refractivity contribution is 0.0950. The Kier molecular flexibility index (Phi) is 5.92. The first-order valence-corrected chi connectivity index (χ1v) is 7.82. The summed E-state index contributed by atoms with van der Waals surface area (Å²) in [5.41, 5.74) is 0.377. The molecule has 0 spiro atoms. The van der Waals surface area contributed by atoms with Gasteiger partial charge in [0.25, 0.3) is 5.91 Å². The quantitative estimate of drug-likeness (QED) is 0.820. The van der Waals surface area contributed by atoms with Crippen molar-refractivity contribution in [3.63, 3.8) is 0 Å². The molecule has 1 saturated heterocycles. The molecule has 0 aliphatic carbocycles. The Morgan fingerprint density at radius 2 is 2.19 bits per heavy atom. The van der Waals surface area contributed by atoms with Crippen molar-refractivity contribution in [3.8, 4) is 0 Å². The molecule has 116 valence electrons. The number of carbonyl (C=O) groups is 1. The second kappa shape index (κ2) is 7.93. The first kappa shape index (κ1) is 15.7. The van der Waals surface area contributed by atoms with E-state index in [1.807, 2.05) is 13.0 Å². The molecule has 2 heterocycles. The van der Waals surface area contributed by atoms with E-state index in [-0.39, 0.29) is 5.91 Å². The molecule has 1 aliphatic heterocycles. The van der Waals surface area contributed by atoms with E-state index in [2.05, 4.69) is 32.7 Å². The average molecular weight is 291 g/mol. The van der Waals surface area contributed by atoms with Crippen LogP contribution in [0.1, 0.15) is 37.2 Å². The van der Waals surface area contributed by atoms with Crippen LogP contribution in [0, 0.1) is 5.92 Å². The van der Waals surface area contributed by atoms with Crippen molar-refractivity contribution in [2.75, 3.05) is 37.6 Å². The van der Waals surface area contributed by atoms with Crippen LogP contribution >= 0.6 is 0 Å². The molecule has 1 aliphatic rings. The highest BCUT2D eigenvalue weighted by Gasteiger charge is 2.21. The average Bonchev–Trinajstić information content (AvgIpc) is 2.53. The lowest BCUT2D eigenvalue weighted by Gasteiger charge is -2.33. The summed E-state index contributed by atoms with van der Waals surface area (Å²) in [6.07, 6.45) is 2.43. The van der Waals surface area contributed by atoms with Crippen molar-refractivity contribution in [1.82, 2.24) is 20.8 Å². The highest BCUT2D eigenvalue weighted by Crippen LogP contribution is 2.20. The summed E-state index contributed by atoms with van der Waals surface area (Å²) in [6.45, 7) is 8.69. The van der Waals surface area contributed by atoms with E-state index in [9.17, 15) is 4.79 Å². The molecule has 6 heteroatoms. The van der Waals surface area contributed by atoms with E-state index in [4.69, 9.17) is 0 Å². The van der Waals surface area contributed by atoms with Crippen molar-refractivity contribution < 1.29 is 4.79 Å². The monoisotopic (exact) mass is 291 g/mol. The van der Waals surface area contributed by atoms with Crippen molar-refractivity contribution in [2.24, 2.45) is 5.92 Å². The Morgan fingerprint density at radius 3 is 2.86 bits per heavy atom. The number of piperidine rings is 1. The fraction of sp³-hybridized carbons (Fsp3) is 0.667. The maximum atomic E-state index is 11.7. The van der Waals surface area contributed by atoms with Crippen LogP contribution in [0.25, 0.3) is 0 Å². The Labute approximate surface area is 126 Å². The highest BCUT2D eigenvalue weighted by molar-refractivity contribution is 5.92. The lowest BCUT2D eigenvalue weighted by Crippen LogP contribution is -2.40. The van der Waals surface area contributed by atoms with E-state index in [0.717, 1.165) is 32.0 Å². The number of carbonyl (C=O) groups excluding carboxylic acids is 1. The van der Waals surface area contributed by atoms with Gasteiger partial charge in [-0.15, -0.1) is 10.2 Å². The molecule has 0 radical (unpaired) electrons. The SMILES string of the molecule is CCNCC1CCCN(c2ccc(C(=O)NCC)nn2)C1. The highest BCUT2D eigenvalue weighted by atomic mass is 16.1. The van der Waals surface area contributed by atoms with Crippen LogP contribution in [0.15, 0.2) is 12.1 Å². The molecular formula is C15H25N5O. The van der Waals surface area contributed by atoms with Crippen LogP contribution in [0.3, 0.4) is 0 Å². The summed E-state index contributed by atoms with van der Waals surface area (Å²) in [6, 6.07) is 3.65. The van der Waals surface area contributed by atoms with Gasteiger partial charge in [-0.25, -0.2) is 0 Å². The minimum Gasteiger partial charge on any atom is -0.355 e. The van der Waals surface area contributed by atoms with E-state index < -0.39 is 0 Å². The van der Waals surface area contributed by atoms with Gasteiger partial charge in [0, 0.05) is 19.6 Å². The van der Waals surface area contributed by atoms with Crippen LogP contribution < -0.4 is 15.5 Å². The Morgan fingerprint density at radius 1 is 1.33 bits per heavy atom. The predicted molar refractivity (Wildman–Crippen MR) is 83.5 cm³/mol. The van der Waals surface area contributed by atoms with Gasteiger partial charge in [0.1, 0.15) is 0 Å². The largest absolute Gasteiger partial charge is 0.355 e. The zero-order valence-electron chi connectivity index (χ0n) is 12.9. The molecule has 0 saturated carbocycles. The summed E-state index contributed by atoms with van der Waals surface area (Å²) < 4.78 is 0. The van der Waals surface area contributed by atoms with Gasteiger partial charge in [-0.3, -0.25) is 4.79 Å². The summed E-state index contributed by atoms with van der Waals surface area (Å²) in [7, 11) is 0. The molecule has 2 rings (SSSR count). The molecule has 21 heavy (non-hydrogen) atoms. The van der Waals surface area contributed by atoms with Crippen molar-refractivity contribution in [3.05, 3.63) is 17.8 Å². The first-order valence-electron chi connectivity index (χ1n) is 7.82. The zero-order valence-corrected chi connectivity index (χ0v) is 12.9. The number of aromatic nitrogens is 2. The lowest BCUT2D eigenvalue weighted by atomic mass is 9.98. The number of hydrogen-bond donors (Lipinski definition) is 2.